The molecule has 0 saturated heterocycles. The van der Waals surface area contributed by atoms with Crippen LogP contribution in [-0.4, -0.2) is 18.5 Å². The Hall–Kier alpha value is -0.0100. The first-order chi connectivity index (χ1) is 6.40. The molecule has 2 aliphatic rings. The maximum absolute atomic E-state index is 5.55. The van der Waals surface area contributed by atoms with Gasteiger partial charge in [0.1, 0.15) is 0 Å². The molecule has 74 valence electrons. The van der Waals surface area contributed by atoms with Gasteiger partial charge in [-0.3, -0.25) is 0 Å². The number of allylic oxidation sites excluding steroid dienone is 1. The third-order valence-corrected chi connectivity index (χ3v) is 3.67. The zero-order valence-electron chi connectivity index (χ0n) is 8.01. The van der Waals surface area contributed by atoms with E-state index < -0.39 is 0 Å². The second-order valence-electron chi connectivity index (χ2n) is 4.32. The number of alkyl halides is 1. The van der Waals surface area contributed by atoms with Gasteiger partial charge in [-0.2, -0.15) is 0 Å². The number of rotatable bonds is 4. The predicted octanol–water partition coefficient (Wildman–Crippen LogP) is 2.56. The molecule has 2 rings (SSSR count). The lowest BCUT2D eigenvalue weighted by molar-refractivity contribution is 0.363. The second kappa shape index (κ2) is 4.47. The van der Waals surface area contributed by atoms with Crippen molar-refractivity contribution in [3.05, 3.63) is 12.2 Å². The Bertz CT molecular complexity index is 191. The van der Waals surface area contributed by atoms with E-state index >= 15 is 0 Å². The summed E-state index contributed by atoms with van der Waals surface area (Å²) in [5.41, 5.74) is 0. The highest BCUT2D eigenvalue weighted by Crippen LogP contribution is 2.44. The van der Waals surface area contributed by atoms with E-state index in [9.17, 15) is 0 Å². The molecule has 0 radical (unpaired) electrons. The van der Waals surface area contributed by atoms with Crippen LogP contribution in [0.25, 0.3) is 0 Å². The molecule has 3 atom stereocenters. The summed E-state index contributed by atoms with van der Waals surface area (Å²) in [4.78, 5) is 0. The van der Waals surface area contributed by atoms with Crippen molar-refractivity contribution in [2.75, 3.05) is 12.4 Å². The largest absolute Gasteiger partial charge is 0.310 e. The van der Waals surface area contributed by atoms with Gasteiger partial charge in [-0.25, -0.2) is 0 Å². The van der Waals surface area contributed by atoms with Crippen LogP contribution in [0.3, 0.4) is 0 Å². The van der Waals surface area contributed by atoms with Crippen molar-refractivity contribution in [3.8, 4) is 0 Å². The summed E-state index contributed by atoms with van der Waals surface area (Å²) >= 11 is 5.55. The molecule has 1 nitrogen and oxygen atoms in total. The van der Waals surface area contributed by atoms with Crippen molar-refractivity contribution in [2.45, 2.75) is 31.7 Å². The van der Waals surface area contributed by atoms with E-state index in [2.05, 4.69) is 11.4 Å². The van der Waals surface area contributed by atoms with Gasteiger partial charge in [0.2, 0.25) is 0 Å². The molecule has 1 N–H and O–H groups in total. The molecular formula is C11H18ClN. The predicted molar refractivity (Wildman–Crippen MR) is 57.1 cm³/mol. The smallest absolute Gasteiger partial charge is 0.0404 e. The number of hydrogen-bond acceptors (Lipinski definition) is 1. The van der Waals surface area contributed by atoms with E-state index in [1.807, 2.05) is 6.08 Å². The van der Waals surface area contributed by atoms with Crippen LogP contribution in [0.15, 0.2) is 12.2 Å². The fraction of sp³-hybridized carbons (Fsp3) is 0.818. The van der Waals surface area contributed by atoms with Crippen LogP contribution >= 0.6 is 11.6 Å². The van der Waals surface area contributed by atoms with Crippen LogP contribution in [0.4, 0.5) is 0 Å². The minimum Gasteiger partial charge on any atom is -0.310 e. The van der Waals surface area contributed by atoms with Gasteiger partial charge in [0.15, 0.2) is 0 Å². The normalized spacial score (nSPS) is 37.8. The van der Waals surface area contributed by atoms with Gasteiger partial charge in [0, 0.05) is 18.5 Å². The molecule has 2 fully saturated rings. The van der Waals surface area contributed by atoms with Crippen LogP contribution in [-0.2, 0) is 0 Å². The Morgan fingerprint density at radius 1 is 1.23 bits per heavy atom. The summed E-state index contributed by atoms with van der Waals surface area (Å²) in [5.74, 6) is 2.66. The molecule has 0 heterocycles. The van der Waals surface area contributed by atoms with E-state index in [4.69, 9.17) is 11.6 Å². The highest BCUT2D eigenvalue weighted by atomic mass is 35.5. The lowest BCUT2D eigenvalue weighted by Gasteiger charge is -2.22. The first-order valence-corrected chi connectivity index (χ1v) is 5.88. The molecule has 0 aromatic carbocycles. The number of hydrogen-bond donors (Lipinski definition) is 1. The van der Waals surface area contributed by atoms with Gasteiger partial charge in [-0.15, -0.1) is 11.6 Å². The first-order valence-electron chi connectivity index (χ1n) is 5.34. The summed E-state index contributed by atoms with van der Waals surface area (Å²) in [6.07, 6.45) is 10.00. The molecule has 2 saturated carbocycles. The van der Waals surface area contributed by atoms with Gasteiger partial charge in [-0.1, -0.05) is 18.6 Å². The van der Waals surface area contributed by atoms with Crippen molar-refractivity contribution >= 4 is 11.6 Å². The molecule has 0 aromatic rings. The Balaban J connectivity index is 1.68. The van der Waals surface area contributed by atoms with Gasteiger partial charge >= 0.3 is 0 Å². The summed E-state index contributed by atoms with van der Waals surface area (Å²) in [5, 5.41) is 3.60. The number of halogens is 1. The second-order valence-corrected chi connectivity index (χ2v) is 4.62. The third-order valence-electron chi connectivity index (χ3n) is 3.49. The summed E-state index contributed by atoms with van der Waals surface area (Å²) in [6, 6.07) is 0.804. The van der Waals surface area contributed by atoms with Crippen LogP contribution < -0.4 is 5.32 Å². The summed E-state index contributed by atoms with van der Waals surface area (Å²) < 4.78 is 0. The van der Waals surface area contributed by atoms with Crippen LogP contribution in [0, 0.1) is 11.8 Å². The Morgan fingerprint density at radius 2 is 2.15 bits per heavy atom. The lowest BCUT2D eigenvalue weighted by atomic mass is 9.95. The van der Waals surface area contributed by atoms with Crippen LogP contribution in [0.1, 0.15) is 25.7 Å². The summed E-state index contributed by atoms with van der Waals surface area (Å²) in [6.45, 7) is 1.00. The standard InChI is InChI=1S/C11H18ClN/c12-5-1-2-6-13-11-8-9-3-4-10(11)7-9/h1-2,9-11,13H,3-8H2/b2-1+. The average Bonchev–Trinajstić information content (AvgIpc) is 2.73. The van der Waals surface area contributed by atoms with Crippen LogP contribution in [0.2, 0.25) is 0 Å². The quantitative estimate of drug-likeness (QED) is 0.542. The van der Waals surface area contributed by atoms with E-state index in [1.165, 1.54) is 25.7 Å². The SMILES string of the molecule is ClC/C=C/CNC1CC2CCC1C2. The van der Waals surface area contributed by atoms with Crippen molar-refractivity contribution < 1.29 is 0 Å². The maximum Gasteiger partial charge on any atom is 0.0404 e. The maximum atomic E-state index is 5.55. The molecule has 13 heavy (non-hydrogen) atoms. The topological polar surface area (TPSA) is 12.0 Å². The highest BCUT2D eigenvalue weighted by molar-refractivity contribution is 6.18. The molecule has 0 aliphatic heterocycles. The molecule has 2 bridgehead atoms. The molecule has 2 aliphatic carbocycles. The highest BCUT2D eigenvalue weighted by Gasteiger charge is 2.38. The molecule has 3 unspecified atom stereocenters. The van der Waals surface area contributed by atoms with Crippen molar-refractivity contribution in [1.29, 1.82) is 0 Å². The number of fused-ring (bicyclic) bond motifs is 2. The fourth-order valence-electron chi connectivity index (χ4n) is 2.86. The van der Waals surface area contributed by atoms with Crippen molar-refractivity contribution in [1.82, 2.24) is 5.32 Å². The minimum absolute atomic E-state index is 0.637. The van der Waals surface area contributed by atoms with Gasteiger partial charge in [0.25, 0.3) is 0 Å². The molecule has 0 amide bonds. The Morgan fingerprint density at radius 3 is 2.77 bits per heavy atom. The Labute approximate surface area is 85.5 Å². The lowest BCUT2D eigenvalue weighted by Crippen LogP contribution is -2.33. The van der Waals surface area contributed by atoms with Crippen molar-refractivity contribution in [3.63, 3.8) is 0 Å². The fourth-order valence-corrected chi connectivity index (χ4v) is 2.99. The molecular weight excluding hydrogens is 182 g/mol. The van der Waals surface area contributed by atoms with Gasteiger partial charge in [0.05, 0.1) is 0 Å². The number of nitrogens with one attached hydrogen (secondary N) is 1. The summed E-state index contributed by atoms with van der Waals surface area (Å²) in [7, 11) is 0. The van der Waals surface area contributed by atoms with Crippen molar-refractivity contribution in [2.24, 2.45) is 11.8 Å². The third kappa shape index (κ3) is 2.26. The van der Waals surface area contributed by atoms with E-state index in [0.717, 1.165) is 24.4 Å². The van der Waals surface area contributed by atoms with E-state index in [0.29, 0.717) is 5.88 Å². The molecule has 0 aromatic heterocycles. The molecule has 2 heteroatoms. The Kier molecular flexibility index (Phi) is 3.28. The van der Waals surface area contributed by atoms with Crippen LogP contribution in [0.5, 0.6) is 0 Å². The minimum atomic E-state index is 0.637. The van der Waals surface area contributed by atoms with E-state index in [1.54, 1.807) is 0 Å². The monoisotopic (exact) mass is 199 g/mol. The van der Waals surface area contributed by atoms with Gasteiger partial charge in [-0.05, 0) is 31.1 Å². The molecule has 0 spiro atoms. The average molecular weight is 200 g/mol. The zero-order valence-corrected chi connectivity index (χ0v) is 8.76. The first kappa shape index (κ1) is 9.54. The van der Waals surface area contributed by atoms with E-state index in [-0.39, 0.29) is 0 Å². The zero-order chi connectivity index (χ0) is 9.10. The van der Waals surface area contributed by atoms with Gasteiger partial charge < -0.3 is 5.32 Å².